The zero-order chi connectivity index (χ0) is 27.3. The standard InChI is InChI=1S/C23H24.C15H14/c1-6-8-19-20-14-13-18(17-11-9-16(3)10-12-17)15-22(20)23(4,5)21(19)7-2;1-12(2)14-9-6-10-15(11-14)13-7-4-3-5-8-13/h6-15H,1H2,2-5H3;3-11H,1H2,2H3/b19-8-,21-7+;. The Labute approximate surface area is 229 Å². The van der Waals surface area contributed by atoms with Gasteiger partial charge in [0.1, 0.15) is 0 Å². The van der Waals surface area contributed by atoms with Gasteiger partial charge in [-0.3, -0.25) is 0 Å². The Morgan fingerprint density at radius 1 is 0.737 bits per heavy atom. The Bertz CT molecular complexity index is 1510. The normalized spacial score (nSPS) is 15.5. The van der Waals surface area contributed by atoms with E-state index in [-0.39, 0.29) is 5.41 Å². The summed E-state index contributed by atoms with van der Waals surface area (Å²) in [5, 5.41) is 0. The molecule has 0 heterocycles. The Kier molecular flexibility index (Phi) is 8.13. The predicted molar refractivity (Wildman–Crippen MR) is 168 cm³/mol. The molecule has 0 amide bonds. The highest BCUT2D eigenvalue weighted by Crippen LogP contribution is 2.50. The number of hydrogen-bond donors (Lipinski definition) is 0. The van der Waals surface area contributed by atoms with E-state index in [1.54, 1.807) is 0 Å². The number of benzene rings is 4. The van der Waals surface area contributed by atoms with Crippen molar-refractivity contribution in [2.45, 2.75) is 40.0 Å². The molecule has 0 unspecified atom stereocenters. The molecule has 0 fully saturated rings. The Morgan fingerprint density at radius 3 is 1.97 bits per heavy atom. The minimum absolute atomic E-state index is 0.0274. The maximum absolute atomic E-state index is 3.96. The third kappa shape index (κ3) is 5.55. The van der Waals surface area contributed by atoms with Crippen LogP contribution in [0, 0.1) is 6.92 Å². The van der Waals surface area contributed by atoms with E-state index in [1.165, 1.54) is 55.7 Å². The molecular weight excluding hydrogens is 456 g/mol. The molecule has 1 aliphatic carbocycles. The van der Waals surface area contributed by atoms with Crippen LogP contribution in [0.3, 0.4) is 0 Å². The lowest BCUT2D eigenvalue weighted by atomic mass is 9.81. The van der Waals surface area contributed by atoms with Crippen molar-refractivity contribution in [1.82, 2.24) is 0 Å². The summed E-state index contributed by atoms with van der Waals surface area (Å²) in [6.45, 7) is 18.7. The maximum atomic E-state index is 3.96. The molecule has 0 heteroatoms. The van der Waals surface area contributed by atoms with Gasteiger partial charge in [0.2, 0.25) is 0 Å². The third-order valence-electron chi connectivity index (χ3n) is 7.37. The van der Waals surface area contributed by atoms with Crippen LogP contribution in [-0.4, -0.2) is 0 Å². The molecule has 0 spiro atoms. The predicted octanol–water partition coefficient (Wildman–Crippen LogP) is 10.9. The molecule has 0 bridgehead atoms. The van der Waals surface area contributed by atoms with Crippen molar-refractivity contribution in [3.05, 3.63) is 156 Å². The van der Waals surface area contributed by atoms with Crippen molar-refractivity contribution in [2.24, 2.45) is 0 Å². The number of aryl methyl sites for hydroxylation is 1. The summed E-state index contributed by atoms with van der Waals surface area (Å²) in [6, 6.07) is 34.5. The molecule has 5 rings (SSSR count). The average Bonchev–Trinajstić information content (AvgIpc) is 3.15. The number of fused-ring (bicyclic) bond motifs is 1. The van der Waals surface area contributed by atoms with Crippen LogP contribution in [0.2, 0.25) is 0 Å². The van der Waals surface area contributed by atoms with Crippen LogP contribution in [0.4, 0.5) is 0 Å². The van der Waals surface area contributed by atoms with Gasteiger partial charge in [0.05, 0.1) is 0 Å². The third-order valence-corrected chi connectivity index (χ3v) is 7.37. The molecule has 0 nitrogen and oxygen atoms in total. The maximum Gasteiger partial charge on any atom is 0.0155 e. The van der Waals surface area contributed by atoms with Gasteiger partial charge in [0, 0.05) is 5.41 Å². The fourth-order valence-corrected chi connectivity index (χ4v) is 5.26. The van der Waals surface area contributed by atoms with Gasteiger partial charge in [-0.15, -0.1) is 0 Å². The largest absolute Gasteiger partial charge is 0.0990 e. The molecule has 190 valence electrons. The second kappa shape index (κ2) is 11.5. The van der Waals surface area contributed by atoms with Gasteiger partial charge in [0.15, 0.2) is 0 Å². The molecule has 0 N–H and O–H groups in total. The molecule has 0 atom stereocenters. The van der Waals surface area contributed by atoms with Crippen LogP contribution in [-0.2, 0) is 5.41 Å². The molecule has 0 aliphatic heterocycles. The highest BCUT2D eigenvalue weighted by atomic mass is 14.4. The highest BCUT2D eigenvalue weighted by Gasteiger charge is 2.37. The number of rotatable bonds is 4. The first kappa shape index (κ1) is 26.9. The number of allylic oxidation sites excluding steroid dienone is 6. The summed E-state index contributed by atoms with van der Waals surface area (Å²) in [6.07, 6.45) is 6.26. The topological polar surface area (TPSA) is 0 Å². The van der Waals surface area contributed by atoms with Gasteiger partial charge in [-0.1, -0.05) is 141 Å². The summed E-state index contributed by atoms with van der Waals surface area (Å²) in [4.78, 5) is 0. The summed E-state index contributed by atoms with van der Waals surface area (Å²) >= 11 is 0. The minimum Gasteiger partial charge on any atom is -0.0990 e. The van der Waals surface area contributed by atoms with Crippen molar-refractivity contribution in [3.63, 3.8) is 0 Å². The lowest BCUT2D eigenvalue weighted by molar-refractivity contribution is 0.660. The van der Waals surface area contributed by atoms with Crippen LogP contribution < -0.4 is 0 Å². The quantitative estimate of drug-likeness (QED) is 0.265. The van der Waals surface area contributed by atoms with E-state index in [2.05, 4.69) is 144 Å². The lowest BCUT2D eigenvalue weighted by Crippen LogP contribution is -2.15. The van der Waals surface area contributed by atoms with Crippen molar-refractivity contribution >= 4 is 11.1 Å². The Hall–Kier alpha value is -4.16. The summed E-state index contributed by atoms with van der Waals surface area (Å²) in [5.41, 5.74) is 14.1. The Balaban J connectivity index is 0.000000194. The van der Waals surface area contributed by atoms with Crippen LogP contribution in [0.1, 0.15) is 49.9 Å². The number of hydrogen-bond acceptors (Lipinski definition) is 0. The van der Waals surface area contributed by atoms with Crippen molar-refractivity contribution < 1.29 is 0 Å². The monoisotopic (exact) mass is 494 g/mol. The van der Waals surface area contributed by atoms with E-state index in [1.807, 2.05) is 19.1 Å². The van der Waals surface area contributed by atoms with Crippen LogP contribution in [0.5, 0.6) is 0 Å². The zero-order valence-corrected chi connectivity index (χ0v) is 23.4. The molecule has 4 aromatic rings. The second-order valence-corrected chi connectivity index (χ2v) is 10.5. The molecule has 38 heavy (non-hydrogen) atoms. The molecule has 1 aliphatic rings. The SMILES string of the molecule is C=C(C)c1cccc(-c2ccccc2)c1.C=C/C=C1\C(=C/C)C(C)(C)c2cc(-c3ccc(C)cc3)ccc21. The van der Waals surface area contributed by atoms with E-state index < -0.39 is 0 Å². The molecular formula is C38H38. The first-order chi connectivity index (χ1) is 18.3. The van der Waals surface area contributed by atoms with E-state index >= 15 is 0 Å². The van der Waals surface area contributed by atoms with Crippen LogP contribution >= 0.6 is 0 Å². The summed E-state index contributed by atoms with van der Waals surface area (Å²) in [7, 11) is 0. The first-order valence-corrected chi connectivity index (χ1v) is 13.3. The van der Waals surface area contributed by atoms with E-state index in [4.69, 9.17) is 0 Å². The van der Waals surface area contributed by atoms with Gasteiger partial charge < -0.3 is 0 Å². The first-order valence-electron chi connectivity index (χ1n) is 13.3. The molecule has 0 saturated carbocycles. The molecule has 0 saturated heterocycles. The van der Waals surface area contributed by atoms with Crippen molar-refractivity contribution in [1.29, 1.82) is 0 Å². The van der Waals surface area contributed by atoms with Gasteiger partial charge in [-0.25, -0.2) is 0 Å². The highest BCUT2D eigenvalue weighted by molar-refractivity contribution is 5.91. The van der Waals surface area contributed by atoms with Gasteiger partial charge >= 0.3 is 0 Å². The van der Waals surface area contributed by atoms with Crippen LogP contribution in [0.25, 0.3) is 33.4 Å². The zero-order valence-electron chi connectivity index (χ0n) is 23.4. The Morgan fingerprint density at radius 2 is 1.34 bits per heavy atom. The van der Waals surface area contributed by atoms with Crippen molar-refractivity contribution in [3.8, 4) is 22.3 Å². The average molecular weight is 495 g/mol. The second-order valence-electron chi connectivity index (χ2n) is 10.5. The summed E-state index contributed by atoms with van der Waals surface area (Å²) in [5.74, 6) is 0. The fraction of sp³-hybridized carbons (Fsp3) is 0.158. The molecule has 4 aromatic carbocycles. The van der Waals surface area contributed by atoms with Gasteiger partial charge in [0.25, 0.3) is 0 Å². The molecule has 0 radical (unpaired) electrons. The van der Waals surface area contributed by atoms with E-state index in [0.29, 0.717) is 0 Å². The van der Waals surface area contributed by atoms with E-state index in [0.717, 1.165) is 5.57 Å². The van der Waals surface area contributed by atoms with Gasteiger partial charge in [-0.2, -0.15) is 0 Å². The van der Waals surface area contributed by atoms with Crippen molar-refractivity contribution in [2.75, 3.05) is 0 Å². The minimum atomic E-state index is 0.0274. The fourth-order valence-electron chi connectivity index (χ4n) is 5.26. The van der Waals surface area contributed by atoms with Gasteiger partial charge in [-0.05, 0) is 83.0 Å². The smallest absolute Gasteiger partial charge is 0.0155 e. The molecule has 0 aromatic heterocycles. The van der Waals surface area contributed by atoms with E-state index in [9.17, 15) is 0 Å². The van der Waals surface area contributed by atoms with Crippen LogP contribution in [0.15, 0.2) is 134 Å². The lowest BCUT2D eigenvalue weighted by Gasteiger charge is -2.22. The summed E-state index contributed by atoms with van der Waals surface area (Å²) < 4.78 is 0.